The standard InChI is InChI=1S/C16H30N2O/c1-12(2)10-18(14(5)6)11-16-8-7-15(19-16)9-17-13(3)4/h7-8,12-14,17H,9-11H2,1-6H3. The fourth-order valence-corrected chi connectivity index (χ4v) is 2.03. The lowest BCUT2D eigenvalue weighted by Crippen LogP contribution is -2.33. The molecule has 0 spiro atoms. The Labute approximate surface area is 118 Å². The van der Waals surface area contributed by atoms with E-state index >= 15 is 0 Å². The molecule has 1 aromatic heterocycles. The maximum Gasteiger partial charge on any atom is 0.118 e. The number of hydrogen-bond donors (Lipinski definition) is 1. The Hall–Kier alpha value is -0.800. The number of furan rings is 1. The highest BCUT2D eigenvalue weighted by Crippen LogP contribution is 2.14. The van der Waals surface area contributed by atoms with Crippen LogP contribution in [0.4, 0.5) is 0 Å². The van der Waals surface area contributed by atoms with Crippen molar-refractivity contribution in [1.82, 2.24) is 10.2 Å². The molecule has 0 aromatic carbocycles. The highest BCUT2D eigenvalue weighted by Gasteiger charge is 2.14. The van der Waals surface area contributed by atoms with E-state index in [-0.39, 0.29) is 0 Å². The van der Waals surface area contributed by atoms with Gasteiger partial charge in [-0.1, -0.05) is 27.7 Å². The molecular weight excluding hydrogens is 236 g/mol. The topological polar surface area (TPSA) is 28.4 Å². The maximum atomic E-state index is 5.89. The minimum absolute atomic E-state index is 0.488. The molecule has 0 aliphatic heterocycles. The van der Waals surface area contributed by atoms with Crippen LogP contribution in [0, 0.1) is 5.92 Å². The Morgan fingerprint density at radius 1 is 1.05 bits per heavy atom. The lowest BCUT2D eigenvalue weighted by atomic mass is 10.1. The van der Waals surface area contributed by atoms with Crippen LogP contribution in [-0.4, -0.2) is 23.5 Å². The molecular formula is C16H30N2O. The van der Waals surface area contributed by atoms with Crippen LogP contribution in [0.5, 0.6) is 0 Å². The van der Waals surface area contributed by atoms with E-state index in [9.17, 15) is 0 Å². The van der Waals surface area contributed by atoms with E-state index in [1.807, 2.05) is 0 Å². The molecule has 0 saturated heterocycles. The van der Waals surface area contributed by atoms with E-state index in [4.69, 9.17) is 4.42 Å². The summed E-state index contributed by atoms with van der Waals surface area (Å²) in [4.78, 5) is 2.46. The molecule has 0 radical (unpaired) electrons. The molecule has 1 aromatic rings. The fourth-order valence-electron chi connectivity index (χ4n) is 2.03. The third kappa shape index (κ3) is 6.26. The van der Waals surface area contributed by atoms with E-state index in [0.29, 0.717) is 18.0 Å². The molecule has 0 bridgehead atoms. The van der Waals surface area contributed by atoms with Crippen LogP contribution in [-0.2, 0) is 13.1 Å². The molecule has 1 N–H and O–H groups in total. The zero-order chi connectivity index (χ0) is 14.4. The normalized spacial score (nSPS) is 12.3. The van der Waals surface area contributed by atoms with Gasteiger partial charge in [0.15, 0.2) is 0 Å². The predicted octanol–water partition coefficient (Wildman–Crippen LogP) is 3.64. The smallest absolute Gasteiger partial charge is 0.118 e. The number of nitrogens with one attached hydrogen (secondary N) is 1. The maximum absolute atomic E-state index is 5.89. The van der Waals surface area contributed by atoms with Crippen molar-refractivity contribution in [2.24, 2.45) is 5.92 Å². The van der Waals surface area contributed by atoms with Crippen molar-refractivity contribution in [2.45, 2.75) is 66.7 Å². The summed E-state index contributed by atoms with van der Waals surface area (Å²) in [5.41, 5.74) is 0. The number of hydrogen-bond acceptors (Lipinski definition) is 3. The van der Waals surface area contributed by atoms with Crippen LogP contribution >= 0.6 is 0 Å². The van der Waals surface area contributed by atoms with Crippen LogP contribution in [0.2, 0.25) is 0 Å². The van der Waals surface area contributed by atoms with Crippen molar-refractivity contribution in [3.8, 4) is 0 Å². The van der Waals surface area contributed by atoms with Gasteiger partial charge in [0.05, 0.1) is 13.1 Å². The quantitative estimate of drug-likeness (QED) is 0.778. The highest BCUT2D eigenvalue weighted by molar-refractivity contribution is 5.07. The van der Waals surface area contributed by atoms with E-state index < -0.39 is 0 Å². The molecule has 1 heterocycles. The van der Waals surface area contributed by atoms with Crippen LogP contribution in [0.25, 0.3) is 0 Å². The molecule has 3 heteroatoms. The average Bonchev–Trinajstić information content (AvgIpc) is 2.72. The van der Waals surface area contributed by atoms with Gasteiger partial charge in [0.1, 0.15) is 11.5 Å². The zero-order valence-corrected chi connectivity index (χ0v) is 13.4. The van der Waals surface area contributed by atoms with Gasteiger partial charge in [-0.15, -0.1) is 0 Å². The van der Waals surface area contributed by atoms with Crippen LogP contribution < -0.4 is 5.32 Å². The SMILES string of the molecule is CC(C)CN(Cc1ccc(CNC(C)C)o1)C(C)C. The van der Waals surface area contributed by atoms with Crippen molar-refractivity contribution in [3.05, 3.63) is 23.7 Å². The van der Waals surface area contributed by atoms with Crippen molar-refractivity contribution in [1.29, 1.82) is 0 Å². The summed E-state index contributed by atoms with van der Waals surface area (Å²) in [7, 11) is 0. The summed E-state index contributed by atoms with van der Waals surface area (Å²) in [6.07, 6.45) is 0. The molecule has 0 aliphatic carbocycles. The van der Waals surface area contributed by atoms with Gasteiger partial charge in [-0.3, -0.25) is 4.90 Å². The molecule has 3 nitrogen and oxygen atoms in total. The first-order valence-electron chi connectivity index (χ1n) is 7.43. The van der Waals surface area contributed by atoms with Crippen LogP contribution in [0.1, 0.15) is 53.1 Å². The van der Waals surface area contributed by atoms with Gasteiger partial charge in [0.2, 0.25) is 0 Å². The Morgan fingerprint density at radius 3 is 2.21 bits per heavy atom. The molecule has 0 aliphatic rings. The van der Waals surface area contributed by atoms with E-state index in [1.54, 1.807) is 0 Å². The lowest BCUT2D eigenvalue weighted by molar-refractivity contribution is 0.174. The summed E-state index contributed by atoms with van der Waals surface area (Å²) in [5.74, 6) is 2.77. The summed E-state index contributed by atoms with van der Waals surface area (Å²) in [6.45, 7) is 16.1. The van der Waals surface area contributed by atoms with E-state index in [1.165, 1.54) is 0 Å². The first kappa shape index (κ1) is 16.3. The first-order chi connectivity index (χ1) is 8.88. The van der Waals surface area contributed by atoms with Gasteiger partial charge < -0.3 is 9.73 Å². The Kier molecular flexibility index (Phi) is 6.59. The molecule has 0 atom stereocenters. The van der Waals surface area contributed by atoms with Gasteiger partial charge >= 0.3 is 0 Å². The number of rotatable bonds is 8. The molecule has 110 valence electrons. The van der Waals surface area contributed by atoms with Gasteiger partial charge in [0.25, 0.3) is 0 Å². The monoisotopic (exact) mass is 266 g/mol. The Balaban J connectivity index is 2.55. The lowest BCUT2D eigenvalue weighted by Gasteiger charge is -2.27. The second-order valence-electron chi connectivity index (χ2n) is 6.32. The molecule has 0 fully saturated rings. The highest BCUT2D eigenvalue weighted by atomic mass is 16.3. The first-order valence-corrected chi connectivity index (χ1v) is 7.43. The van der Waals surface area contributed by atoms with Gasteiger partial charge in [-0.2, -0.15) is 0 Å². The third-order valence-electron chi connectivity index (χ3n) is 3.09. The molecule has 0 unspecified atom stereocenters. The minimum Gasteiger partial charge on any atom is -0.463 e. The number of nitrogens with zero attached hydrogens (tertiary/aromatic N) is 1. The van der Waals surface area contributed by atoms with Crippen molar-refractivity contribution >= 4 is 0 Å². The minimum atomic E-state index is 0.488. The molecule has 19 heavy (non-hydrogen) atoms. The summed E-state index contributed by atoms with van der Waals surface area (Å²) in [5, 5.41) is 3.38. The summed E-state index contributed by atoms with van der Waals surface area (Å²) >= 11 is 0. The van der Waals surface area contributed by atoms with E-state index in [2.05, 4.69) is 63.9 Å². The predicted molar refractivity (Wildman–Crippen MR) is 81.1 cm³/mol. The van der Waals surface area contributed by atoms with Crippen LogP contribution in [0.15, 0.2) is 16.5 Å². The average molecular weight is 266 g/mol. The zero-order valence-electron chi connectivity index (χ0n) is 13.4. The van der Waals surface area contributed by atoms with Crippen molar-refractivity contribution in [3.63, 3.8) is 0 Å². The Bertz CT molecular complexity index is 355. The molecule has 1 rings (SSSR count). The molecule has 0 saturated carbocycles. The second kappa shape index (κ2) is 7.71. The van der Waals surface area contributed by atoms with Crippen LogP contribution in [0.3, 0.4) is 0 Å². The van der Waals surface area contributed by atoms with Crippen molar-refractivity contribution < 1.29 is 4.42 Å². The third-order valence-corrected chi connectivity index (χ3v) is 3.09. The van der Waals surface area contributed by atoms with Crippen molar-refractivity contribution in [2.75, 3.05) is 6.54 Å². The largest absolute Gasteiger partial charge is 0.463 e. The Morgan fingerprint density at radius 2 is 1.68 bits per heavy atom. The van der Waals surface area contributed by atoms with Gasteiger partial charge in [-0.25, -0.2) is 0 Å². The summed E-state index contributed by atoms with van der Waals surface area (Å²) in [6, 6.07) is 5.22. The second-order valence-corrected chi connectivity index (χ2v) is 6.32. The fraction of sp³-hybridized carbons (Fsp3) is 0.750. The van der Waals surface area contributed by atoms with Gasteiger partial charge in [0, 0.05) is 18.6 Å². The van der Waals surface area contributed by atoms with Gasteiger partial charge in [-0.05, 0) is 31.9 Å². The summed E-state index contributed by atoms with van der Waals surface area (Å²) < 4.78 is 5.89. The van der Waals surface area contributed by atoms with E-state index in [0.717, 1.165) is 31.2 Å². The molecule has 0 amide bonds.